The van der Waals surface area contributed by atoms with Crippen LogP contribution in [-0.2, 0) is 6.54 Å². The van der Waals surface area contributed by atoms with Gasteiger partial charge in [-0.3, -0.25) is 4.98 Å². The van der Waals surface area contributed by atoms with Gasteiger partial charge in [0.05, 0.1) is 12.1 Å². The molecule has 3 heterocycles. The zero-order valence-corrected chi connectivity index (χ0v) is 13.3. The van der Waals surface area contributed by atoms with Gasteiger partial charge in [0.25, 0.3) is 0 Å². The normalized spacial score (nSPS) is 13.7. The average molecular weight is 330 g/mol. The molecule has 122 valence electrons. The first kappa shape index (κ1) is 14.0. The molecule has 2 aromatic heterocycles. The van der Waals surface area contributed by atoms with E-state index in [-0.39, 0.29) is 0 Å². The smallest absolute Gasteiger partial charge is 0.379 e. The first-order valence-electron chi connectivity index (χ1n) is 8.07. The molecular weight excluding hydrogens is 316 g/mol. The van der Waals surface area contributed by atoms with E-state index in [9.17, 15) is 4.79 Å². The molecule has 0 aliphatic carbocycles. The van der Waals surface area contributed by atoms with E-state index in [1.54, 1.807) is 12.3 Å². The minimum atomic E-state index is -0.423. The molecule has 0 amide bonds. The van der Waals surface area contributed by atoms with Gasteiger partial charge in [-0.05, 0) is 30.3 Å². The van der Waals surface area contributed by atoms with E-state index in [0.717, 1.165) is 27.5 Å². The molecule has 1 aliphatic rings. The number of aromatic nitrogens is 1. The summed E-state index contributed by atoms with van der Waals surface area (Å²) in [5.41, 5.74) is 2.99. The Morgan fingerprint density at radius 1 is 0.960 bits per heavy atom. The number of rotatable bonds is 1. The number of para-hydroxylation sites is 1. The quantitative estimate of drug-likeness (QED) is 0.498. The molecule has 0 saturated carbocycles. The molecule has 25 heavy (non-hydrogen) atoms. The van der Waals surface area contributed by atoms with Crippen LogP contribution < -0.4 is 15.3 Å². The van der Waals surface area contributed by atoms with Crippen LogP contribution in [-0.4, -0.2) is 11.7 Å². The summed E-state index contributed by atoms with van der Waals surface area (Å²) in [6.45, 7) is 0.875. The van der Waals surface area contributed by atoms with E-state index in [4.69, 9.17) is 9.15 Å². The van der Waals surface area contributed by atoms with E-state index in [1.807, 2.05) is 48.5 Å². The molecular formula is C20H14N2O3. The van der Waals surface area contributed by atoms with Crippen LogP contribution in [0.1, 0.15) is 5.56 Å². The Kier molecular flexibility index (Phi) is 3.00. The van der Waals surface area contributed by atoms with Crippen molar-refractivity contribution in [1.82, 2.24) is 4.98 Å². The number of hydrogen-bond acceptors (Lipinski definition) is 5. The Morgan fingerprint density at radius 2 is 1.84 bits per heavy atom. The van der Waals surface area contributed by atoms with Crippen molar-refractivity contribution in [2.75, 3.05) is 11.6 Å². The van der Waals surface area contributed by atoms with Crippen LogP contribution in [0, 0.1) is 0 Å². The number of fused-ring (bicyclic) bond motifs is 4. The van der Waals surface area contributed by atoms with Crippen molar-refractivity contribution >= 4 is 27.6 Å². The molecule has 0 spiro atoms. The summed E-state index contributed by atoms with van der Waals surface area (Å²) in [6, 6.07) is 17.5. The van der Waals surface area contributed by atoms with Crippen molar-refractivity contribution in [3.63, 3.8) is 0 Å². The number of ether oxygens (including phenoxy) is 1. The van der Waals surface area contributed by atoms with Crippen LogP contribution >= 0.6 is 0 Å². The van der Waals surface area contributed by atoms with Crippen molar-refractivity contribution in [2.45, 2.75) is 6.54 Å². The lowest BCUT2D eigenvalue weighted by molar-refractivity contribution is 0.276. The third-order valence-electron chi connectivity index (χ3n) is 4.55. The molecule has 0 radical (unpaired) electrons. The fourth-order valence-electron chi connectivity index (χ4n) is 3.40. The van der Waals surface area contributed by atoms with E-state index in [2.05, 4.69) is 9.88 Å². The predicted molar refractivity (Wildman–Crippen MR) is 95.9 cm³/mol. The second-order valence-electron chi connectivity index (χ2n) is 6.01. The van der Waals surface area contributed by atoms with Gasteiger partial charge in [0, 0.05) is 28.2 Å². The molecule has 0 fully saturated rings. The number of pyridine rings is 1. The highest BCUT2D eigenvalue weighted by Gasteiger charge is 2.25. The zero-order valence-electron chi connectivity index (χ0n) is 13.3. The van der Waals surface area contributed by atoms with Crippen LogP contribution in [0.25, 0.3) is 21.9 Å². The summed E-state index contributed by atoms with van der Waals surface area (Å²) in [5, 5.41) is 1.96. The van der Waals surface area contributed by atoms with E-state index in [0.29, 0.717) is 24.6 Å². The summed E-state index contributed by atoms with van der Waals surface area (Å²) >= 11 is 0. The van der Waals surface area contributed by atoms with E-state index >= 15 is 0 Å². The van der Waals surface area contributed by atoms with Gasteiger partial charge < -0.3 is 14.1 Å². The number of anilines is 1. The fourth-order valence-corrected chi connectivity index (χ4v) is 3.40. The minimum absolute atomic E-state index is 0.296. The Balaban J connectivity index is 1.68. The van der Waals surface area contributed by atoms with Crippen molar-refractivity contribution in [3.8, 4) is 5.75 Å². The number of benzene rings is 2. The maximum absolute atomic E-state index is 12.2. The Hall–Kier alpha value is -3.34. The third-order valence-corrected chi connectivity index (χ3v) is 4.55. The van der Waals surface area contributed by atoms with Crippen molar-refractivity contribution < 1.29 is 9.15 Å². The molecule has 5 nitrogen and oxygen atoms in total. The van der Waals surface area contributed by atoms with Gasteiger partial charge >= 0.3 is 5.63 Å². The third kappa shape index (κ3) is 2.16. The van der Waals surface area contributed by atoms with Crippen molar-refractivity contribution in [3.05, 3.63) is 76.8 Å². The lowest BCUT2D eigenvalue weighted by Crippen LogP contribution is -2.34. The van der Waals surface area contributed by atoms with Crippen LogP contribution in [0.2, 0.25) is 0 Å². The van der Waals surface area contributed by atoms with Gasteiger partial charge in [-0.25, -0.2) is 4.79 Å². The topological polar surface area (TPSA) is 55.6 Å². The average Bonchev–Trinajstić information content (AvgIpc) is 2.67. The highest BCUT2D eigenvalue weighted by molar-refractivity contribution is 5.92. The zero-order chi connectivity index (χ0) is 16.8. The van der Waals surface area contributed by atoms with E-state index < -0.39 is 5.63 Å². The summed E-state index contributed by atoms with van der Waals surface area (Å²) in [7, 11) is 0. The van der Waals surface area contributed by atoms with Crippen LogP contribution in [0.15, 0.2) is 70.0 Å². The lowest BCUT2D eigenvalue weighted by atomic mass is 10.1. The maximum atomic E-state index is 12.2. The number of nitrogens with zero attached hydrogens (tertiary/aromatic N) is 2. The van der Waals surface area contributed by atoms with Crippen LogP contribution in [0.4, 0.5) is 5.69 Å². The van der Waals surface area contributed by atoms with Gasteiger partial charge in [0.15, 0.2) is 6.73 Å². The molecule has 0 unspecified atom stereocenters. The Labute approximate surface area is 143 Å². The molecule has 0 N–H and O–H groups in total. The van der Waals surface area contributed by atoms with Crippen molar-refractivity contribution in [1.29, 1.82) is 0 Å². The molecule has 0 atom stereocenters. The van der Waals surface area contributed by atoms with Gasteiger partial charge in [-0.2, -0.15) is 0 Å². The number of hydrogen-bond donors (Lipinski definition) is 0. The molecule has 2 aromatic carbocycles. The minimum Gasteiger partial charge on any atom is -0.465 e. The largest absolute Gasteiger partial charge is 0.465 e. The van der Waals surface area contributed by atoms with Crippen LogP contribution in [0.3, 0.4) is 0 Å². The predicted octanol–water partition coefficient (Wildman–Crippen LogP) is 3.70. The monoisotopic (exact) mass is 330 g/mol. The Bertz CT molecular complexity index is 1160. The maximum Gasteiger partial charge on any atom is 0.379 e. The highest BCUT2D eigenvalue weighted by Crippen LogP contribution is 2.33. The van der Waals surface area contributed by atoms with E-state index in [1.165, 1.54) is 0 Å². The second kappa shape index (κ2) is 5.34. The fraction of sp³-hybridized carbons (Fsp3) is 0.100. The first-order chi connectivity index (χ1) is 12.3. The summed E-state index contributed by atoms with van der Waals surface area (Å²) in [5.74, 6) is 0.313. The van der Waals surface area contributed by atoms with Crippen LogP contribution in [0.5, 0.6) is 5.75 Å². The highest BCUT2D eigenvalue weighted by atomic mass is 16.5. The molecule has 0 bridgehead atoms. The van der Waals surface area contributed by atoms with Gasteiger partial charge in [-0.1, -0.05) is 24.3 Å². The van der Waals surface area contributed by atoms with Gasteiger partial charge in [-0.15, -0.1) is 0 Å². The second-order valence-corrected chi connectivity index (χ2v) is 6.01. The lowest BCUT2D eigenvalue weighted by Gasteiger charge is -2.31. The molecule has 5 rings (SSSR count). The Morgan fingerprint density at radius 3 is 2.80 bits per heavy atom. The molecule has 4 aromatic rings. The summed E-state index contributed by atoms with van der Waals surface area (Å²) in [6.07, 6.45) is 1.78. The molecule has 1 aliphatic heterocycles. The van der Waals surface area contributed by atoms with Crippen molar-refractivity contribution in [2.24, 2.45) is 0 Å². The standard InChI is InChI=1S/C20H14N2O3/c23-20-19-15(13-5-1-2-9-18(13)25-20)11-22(12-24-19)17-8-3-7-16-14(17)6-4-10-21-16/h1-10H,11-12H2. The summed E-state index contributed by atoms with van der Waals surface area (Å²) in [4.78, 5) is 18.7. The molecule has 0 saturated heterocycles. The molecule has 5 heteroatoms. The van der Waals surface area contributed by atoms with Gasteiger partial charge in [0.1, 0.15) is 5.58 Å². The first-order valence-corrected chi connectivity index (χ1v) is 8.07. The summed E-state index contributed by atoms with van der Waals surface area (Å²) < 4.78 is 11.1. The SMILES string of the molecule is O=c1oc2ccccc2c2c1OCN(c1cccc3ncccc13)C2. The van der Waals surface area contributed by atoms with Gasteiger partial charge in [0.2, 0.25) is 5.75 Å².